The van der Waals surface area contributed by atoms with E-state index < -0.39 is 0 Å². The molecule has 5 heteroatoms. The molecule has 0 radical (unpaired) electrons. The Labute approximate surface area is 120 Å². The number of hydrogen-bond acceptors (Lipinski definition) is 4. The molecule has 1 N–H and O–H groups in total. The second-order valence-corrected chi connectivity index (χ2v) is 5.06. The number of pyridine rings is 1. The molecule has 0 aromatic carbocycles. The quantitative estimate of drug-likeness (QED) is 0.843. The highest BCUT2D eigenvalue weighted by atomic mass is 16.5. The maximum Gasteiger partial charge on any atom is 0.165 e. The van der Waals surface area contributed by atoms with Gasteiger partial charge in [-0.05, 0) is 12.5 Å². The lowest BCUT2D eigenvalue weighted by atomic mass is 10.2. The third kappa shape index (κ3) is 4.06. The predicted molar refractivity (Wildman–Crippen MR) is 78.8 cm³/mol. The Morgan fingerprint density at radius 1 is 1.35 bits per heavy atom. The number of nitrogens with one attached hydrogen (secondary N) is 1. The first kappa shape index (κ1) is 14.5. The summed E-state index contributed by atoms with van der Waals surface area (Å²) in [6, 6.07) is 2.41. The summed E-state index contributed by atoms with van der Waals surface area (Å²) in [7, 11) is 0. The van der Waals surface area contributed by atoms with E-state index in [1.54, 1.807) is 18.6 Å². The zero-order valence-electron chi connectivity index (χ0n) is 12.3. The van der Waals surface area contributed by atoms with Crippen LogP contribution in [-0.4, -0.2) is 20.8 Å². The van der Waals surface area contributed by atoms with E-state index in [4.69, 9.17) is 4.74 Å². The van der Waals surface area contributed by atoms with Crippen molar-refractivity contribution in [3.05, 3.63) is 36.4 Å². The number of ether oxygens (including phenoxy) is 1. The molecule has 2 aromatic rings. The van der Waals surface area contributed by atoms with Crippen molar-refractivity contribution >= 4 is 0 Å². The van der Waals surface area contributed by atoms with Crippen LogP contribution in [0, 0.1) is 0 Å². The summed E-state index contributed by atoms with van der Waals surface area (Å²) in [5, 5.41) is 7.65. The normalized spacial score (nSPS) is 11.0. The van der Waals surface area contributed by atoms with Crippen molar-refractivity contribution in [1.82, 2.24) is 20.1 Å². The van der Waals surface area contributed by atoms with Crippen molar-refractivity contribution in [2.24, 2.45) is 0 Å². The predicted octanol–water partition coefficient (Wildman–Crippen LogP) is 2.98. The highest BCUT2D eigenvalue weighted by molar-refractivity contribution is 5.33. The van der Waals surface area contributed by atoms with Crippen LogP contribution in [-0.2, 0) is 13.1 Å². The van der Waals surface area contributed by atoms with Crippen LogP contribution in [0.4, 0.5) is 0 Å². The van der Waals surface area contributed by atoms with E-state index in [0.717, 1.165) is 36.6 Å². The third-order valence-electron chi connectivity index (χ3n) is 2.86. The largest absolute Gasteiger partial charge is 0.452 e. The molecule has 0 aliphatic carbocycles. The summed E-state index contributed by atoms with van der Waals surface area (Å²) in [5.41, 5.74) is 1.09. The number of aromatic nitrogens is 3. The summed E-state index contributed by atoms with van der Waals surface area (Å²) in [4.78, 5) is 4.13. The van der Waals surface area contributed by atoms with Crippen molar-refractivity contribution in [1.29, 1.82) is 0 Å². The lowest BCUT2D eigenvalue weighted by Gasteiger charge is -2.11. The van der Waals surface area contributed by atoms with Crippen molar-refractivity contribution < 1.29 is 4.74 Å². The van der Waals surface area contributed by atoms with Gasteiger partial charge in [-0.25, -0.2) is 0 Å². The van der Waals surface area contributed by atoms with Gasteiger partial charge in [0, 0.05) is 30.9 Å². The van der Waals surface area contributed by atoms with Crippen LogP contribution in [0.1, 0.15) is 32.8 Å². The monoisotopic (exact) mass is 274 g/mol. The average molecular weight is 274 g/mol. The molecule has 2 aromatic heterocycles. The number of nitrogens with zero attached hydrogens (tertiary/aromatic N) is 3. The van der Waals surface area contributed by atoms with Crippen molar-refractivity contribution in [2.75, 3.05) is 0 Å². The SMILES string of the molecule is CCCn1cc(Oc2cnccc2CNC(C)C)cn1. The molecule has 0 spiro atoms. The summed E-state index contributed by atoms with van der Waals surface area (Å²) in [6.07, 6.45) is 8.23. The Kier molecular flexibility index (Phi) is 5.12. The van der Waals surface area contributed by atoms with Gasteiger partial charge < -0.3 is 10.1 Å². The number of hydrogen-bond donors (Lipinski definition) is 1. The highest BCUT2D eigenvalue weighted by Gasteiger charge is 2.07. The first-order chi connectivity index (χ1) is 9.69. The Morgan fingerprint density at radius 3 is 2.95 bits per heavy atom. The third-order valence-corrected chi connectivity index (χ3v) is 2.86. The van der Waals surface area contributed by atoms with E-state index in [1.165, 1.54) is 0 Å². The molecule has 0 aliphatic rings. The van der Waals surface area contributed by atoms with Gasteiger partial charge in [0.2, 0.25) is 0 Å². The van der Waals surface area contributed by atoms with Gasteiger partial charge in [0.25, 0.3) is 0 Å². The zero-order valence-corrected chi connectivity index (χ0v) is 12.3. The minimum absolute atomic E-state index is 0.434. The lowest BCUT2D eigenvalue weighted by Crippen LogP contribution is -2.22. The van der Waals surface area contributed by atoms with Gasteiger partial charge in [0.05, 0.1) is 18.6 Å². The molecule has 0 fully saturated rings. The molecule has 0 saturated heterocycles. The van der Waals surface area contributed by atoms with Crippen LogP contribution in [0.3, 0.4) is 0 Å². The van der Waals surface area contributed by atoms with Gasteiger partial charge in [0.15, 0.2) is 5.75 Å². The molecule has 2 heterocycles. The minimum Gasteiger partial charge on any atom is -0.452 e. The molecule has 20 heavy (non-hydrogen) atoms. The Balaban J connectivity index is 2.07. The molecule has 0 bridgehead atoms. The summed E-state index contributed by atoms with van der Waals surface area (Å²) in [5.74, 6) is 1.52. The number of aryl methyl sites for hydroxylation is 1. The topological polar surface area (TPSA) is 52.0 Å². The summed E-state index contributed by atoms with van der Waals surface area (Å²) in [6.45, 7) is 8.03. The van der Waals surface area contributed by atoms with Gasteiger partial charge >= 0.3 is 0 Å². The molecular formula is C15H22N4O. The standard InChI is InChI=1S/C15H22N4O/c1-4-7-19-11-14(9-18-19)20-15-10-16-6-5-13(15)8-17-12(2)3/h5-6,9-12,17H,4,7-8H2,1-3H3. The van der Waals surface area contributed by atoms with E-state index in [2.05, 4.69) is 36.2 Å². The first-order valence-electron chi connectivity index (χ1n) is 7.05. The first-order valence-corrected chi connectivity index (χ1v) is 7.05. The van der Waals surface area contributed by atoms with E-state index in [0.29, 0.717) is 6.04 Å². The van der Waals surface area contributed by atoms with Gasteiger partial charge in [-0.3, -0.25) is 9.67 Å². The molecular weight excluding hydrogens is 252 g/mol. The van der Waals surface area contributed by atoms with Crippen LogP contribution in [0.2, 0.25) is 0 Å². The van der Waals surface area contributed by atoms with Gasteiger partial charge in [-0.15, -0.1) is 0 Å². The van der Waals surface area contributed by atoms with Crippen molar-refractivity contribution in [3.8, 4) is 11.5 Å². The van der Waals surface area contributed by atoms with Crippen LogP contribution >= 0.6 is 0 Å². The van der Waals surface area contributed by atoms with Crippen LogP contribution in [0.15, 0.2) is 30.9 Å². The summed E-state index contributed by atoms with van der Waals surface area (Å²) >= 11 is 0. The molecule has 0 saturated carbocycles. The Bertz CT molecular complexity index is 536. The maximum atomic E-state index is 5.88. The lowest BCUT2D eigenvalue weighted by molar-refractivity contribution is 0.465. The van der Waals surface area contributed by atoms with E-state index >= 15 is 0 Å². The molecule has 108 valence electrons. The Morgan fingerprint density at radius 2 is 2.20 bits per heavy atom. The van der Waals surface area contributed by atoms with Crippen molar-refractivity contribution in [3.63, 3.8) is 0 Å². The Hall–Kier alpha value is -1.88. The fraction of sp³-hybridized carbons (Fsp3) is 0.467. The molecule has 0 unspecified atom stereocenters. The van der Waals surface area contributed by atoms with Crippen LogP contribution < -0.4 is 10.1 Å². The van der Waals surface area contributed by atoms with Crippen LogP contribution in [0.5, 0.6) is 11.5 Å². The second kappa shape index (κ2) is 7.05. The average Bonchev–Trinajstić information content (AvgIpc) is 2.85. The van der Waals surface area contributed by atoms with E-state index in [1.807, 2.05) is 16.9 Å². The fourth-order valence-corrected chi connectivity index (χ4v) is 1.84. The zero-order chi connectivity index (χ0) is 14.4. The molecule has 0 atom stereocenters. The molecule has 5 nitrogen and oxygen atoms in total. The molecule has 0 aliphatic heterocycles. The van der Waals surface area contributed by atoms with E-state index in [-0.39, 0.29) is 0 Å². The maximum absolute atomic E-state index is 5.88. The highest BCUT2D eigenvalue weighted by Crippen LogP contribution is 2.24. The van der Waals surface area contributed by atoms with Gasteiger partial charge in [0.1, 0.15) is 5.75 Å². The molecule has 2 rings (SSSR count). The fourth-order valence-electron chi connectivity index (χ4n) is 1.84. The molecule has 0 amide bonds. The summed E-state index contributed by atoms with van der Waals surface area (Å²) < 4.78 is 7.77. The number of rotatable bonds is 7. The smallest absolute Gasteiger partial charge is 0.165 e. The van der Waals surface area contributed by atoms with Crippen LogP contribution in [0.25, 0.3) is 0 Å². The van der Waals surface area contributed by atoms with E-state index in [9.17, 15) is 0 Å². The van der Waals surface area contributed by atoms with Gasteiger partial charge in [-0.2, -0.15) is 5.10 Å². The van der Waals surface area contributed by atoms with Crippen molar-refractivity contribution in [2.45, 2.75) is 46.3 Å². The minimum atomic E-state index is 0.434. The van der Waals surface area contributed by atoms with Gasteiger partial charge in [-0.1, -0.05) is 20.8 Å². The second-order valence-electron chi connectivity index (χ2n) is 5.06.